The van der Waals surface area contributed by atoms with Crippen LogP contribution in [-0.4, -0.2) is 44.3 Å². The number of carbonyl (C=O) groups is 1. The normalized spacial score (nSPS) is 25.9. The lowest BCUT2D eigenvalue weighted by Crippen LogP contribution is -2.41. The summed E-state index contributed by atoms with van der Waals surface area (Å²) in [5.74, 6) is -3.44. The molecule has 0 saturated carbocycles. The Morgan fingerprint density at radius 1 is 1.60 bits per heavy atom. The molecule has 84 valence electrons. The van der Waals surface area contributed by atoms with Crippen LogP contribution in [0.1, 0.15) is 6.42 Å². The highest BCUT2D eigenvalue weighted by atomic mass is 16.5. The predicted molar refractivity (Wildman–Crippen MR) is 50.6 cm³/mol. The first-order valence-corrected chi connectivity index (χ1v) is 4.34. The first kappa shape index (κ1) is 11.9. The van der Waals surface area contributed by atoms with Crippen LogP contribution in [0.2, 0.25) is 0 Å². The summed E-state index contributed by atoms with van der Waals surface area (Å²) < 4.78 is 0. The van der Waals surface area contributed by atoms with Gasteiger partial charge >= 0.3 is 5.97 Å². The Bertz CT molecular complexity index is 320. The number of aliphatic carboxylic acids is 1. The molecule has 0 heterocycles. The number of allylic oxidation sites excluding steroid dienone is 1. The molecule has 0 aromatic heterocycles. The van der Waals surface area contributed by atoms with E-state index in [1.165, 1.54) is 12.2 Å². The monoisotopic (exact) mass is 215 g/mol. The van der Waals surface area contributed by atoms with Gasteiger partial charge in [-0.1, -0.05) is 6.08 Å². The molecule has 0 aliphatic heterocycles. The van der Waals surface area contributed by atoms with Crippen molar-refractivity contribution >= 4 is 5.97 Å². The molecule has 0 spiro atoms. The molecular formula is C9H13NO5. The van der Waals surface area contributed by atoms with Crippen molar-refractivity contribution in [2.24, 2.45) is 5.73 Å². The molecule has 0 radical (unpaired) electrons. The Morgan fingerprint density at radius 3 is 2.67 bits per heavy atom. The Hall–Kier alpha value is -1.21. The smallest absolute Gasteiger partial charge is 0.320 e. The van der Waals surface area contributed by atoms with Gasteiger partial charge in [-0.15, -0.1) is 0 Å². The summed E-state index contributed by atoms with van der Waals surface area (Å²) in [6, 6.07) is -1.07. The van der Waals surface area contributed by atoms with Gasteiger partial charge in [0.2, 0.25) is 5.79 Å². The van der Waals surface area contributed by atoms with Gasteiger partial charge in [-0.2, -0.15) is 0 Å². The standard InChI is InChI=1S/C9H13NO5/c10-6(8(12)13)3-5-1-2-9(14,15)7(11)4-5/h1-2,4,6-7,11,14-15H,3,10H2,(H,12,13). The average Bonchev–Trinajstić information content (AvgIpc) is 2.12. The summed E-state index contributed by atoms with van der Waals surface area (Å²) in [5, 5.41) is 36.0. The maximum atomic E-state index is 10.4. The molecule has 0 amide bonds. The Balaban J connectivity index is 2.68. The van der Waals surface area contributed by atoms with E-state index in [0.29, 0.717) is 5.57 Å². The molecular weight excluding hydrogens is 202 g/mol. The zero-order chi connectivity index (χ0) is 11.6. The fraction of sp³-hybridized carbons (Fsp3) is 0.444. The van der Waals surface area contributed by atoms with E-state index in [2.05, 4.69) is 0 Å². The van der Waals surface area contributed by atoms with E-state index in [1.807, 2.05) is 0 Å². The van der Waals surface area contributed by atoms with Gasteiger partial charge in [0.15, 0.2) is 0 Å². The molecule has 0 aromatic rings. The highest BCUT2D eigenvalue weighted by Gasteiger charge is 2.31. The Labute approximate surface area is 86.0 Å². The summed E-state index contributed by atoms with van der Waals surface area (Å²) in [7, 11) is 0. The second kappa shape index (κ2) is 4.11. The summed E-state index contributed by atoms with van der Waals surface area (Å²) in [5.41, 5.74) is 5.73. The van der Waals surface area contributed by atoms with Gasteiger partial charge in [0.1, 0.15) is 12.1 Å². The number of aliphatic hydroxyl groups excluding tert-OH is 1. The summed E-state index contributed by atoms with van der Waals surface area (Å²) in [6.45, 7) is 0. The van der Waals surface area contributed by atoms with Crippen molar-refractivity contribution in [1.82, 2.24) is 0 Å². The number of nitrogens with two attached hydrogens (primary N) is 1. The minimum absolute atomic E-state index is 0.0268. The van der Waals surface area contributed by atoms with Crippen LogP contribution < -0.4 is 5.73 Å². The van der Waals surface area contributed by atoms with Crippen LogP contribution in [0.25, 0.3) is 0 Å². The molecule has 6 heteroatoms. The van der Waals surface area contributed by atoms with Crippen LogP contribution in [0, 0.1) is 0 Å². The minimum Gasteiger partial charge on any atom is -0.480 e. The van der Waals surface area contributed by atoms with E-state index >= 15 is 0 Å². The highest BCUT2D eigenvalue weighted by molar-refractivity contribution is 5.73. The lowest BCUT2D eigenvalue weighted by Gasteiger charge is -2.26. The van der Waals surface area contributed by atoms with E-state index in [1.54, 1.807) is 0 Å². The molecule has 0 saturated heterocycles. The number of hydrogen-bond acceptors (Lipinski definition) is 5. The van der Waals surface area contributed by atoms with Crippen molar-refractivity contribution in [1.29, 1.82) is 0 Å². The zero-order valence-electron chi connectivity index (χ0n) is 7.87. The van der Waals surface area contributed by atoms with Gasteiger partial charge in [-0.3, -0.25) is 4.79 Å². The molecule has 1 aliphatic carbocycles. The molecule has 15 heavy (non-hydrogen) atoms. The largest absolute Gasteiger partial charge is 0.480 e. The molecule has 2 unspecified atom stereocenters. The summed E-state index contributed by atoms with van der Waals surface area (Å²) in [4.78, 5) is 10.4. The van der Waals surface area contributed by atoms with Crippen LogP contribution >= 0.6 is 0 Å². The van der Waals surface area contributed by atoms with Gasteiger partial charge in [-0.25, -0.2) is 0 Å². The van der Waals surface area contributed by atoms with Crippen molar-refractivity contribution in [3.8, 4) is 0 Å². The fourth-order valence-electron chi connectivity index (χ4n) is 1.19. The minimum atomic E-state index is -2.29. The van der Waals surface area contributed by atoms with Gasteiger partial charge in [0.05, 0.1) is 0 Å². The number of hydrogen-bond donors (Lipinski definition) is 5. The van der Waals surface area contributed by atoms with E-state index in [9.17, 15) is 9.90 Å². The average molecular weight is 215 g/mol. The number of aliphatic hydroxyl groups is 3. The summed E-state index contributed by atoms with van der Waals surface area (Å²) >= 11 is 0. The van der Waals surface area contributed by atoms with Crippen LogP contribution in [0.5, 0.6) is 0 Å². The van der Waals surface area contributed by atoms with Crippen LogP contribution in [0.15, 0.2) is 23.8 Å². The van der Waals surface area contributed by atoms with Crippen LogP contribution in [0.3, 0.4) is 0 Å². The van der Waals surface area contributed by atoms with Crippen molar-refractivity contribution in [3.05, 3.63) is 23.8 Å². The lowest BCUT2D eigenvalue weighted by atomic mass is 9.95. The van der Waals surface area contributed by atoms with Crippen molar-refractivity contribution in [3.63, 3.8) is 0 Å². The van der Waals surface area contributed by atoms with E-state index in [-0.39, 0.29) is 6.42 Å². The topological polar surface area (TPSA) is 124 Å². The maximum absolute atomic E-state index is 10.4. The third kappa shape index (κ3) is 2.87. The van der Waals surface area contributed by atoms with Crippen LogP contribution in [0.4, 0.5) is 0 Å². The van der Waals surface area contributed by atoms with Crippen molar-refractivity contribution in [2.45, 2.75) is 24.4 Å². The molecule has 2 atom stereocenters. The number of carboxylic acids is 1. The second-order valence-electron chi connectivity index (χ2n) is 3.45. The van der Waals surface area contributed by atoms with Gasteiger partial charge < -0.3 is 26.2 Å². The third-order valence-corrected chi connectivity index (χ3v) is 2.12. The van der Waals surface area contributed by atoms with Crippen molar-refractivity contribution in [2.75, 3.05) is 0 Å². The molecule has 0 fully saturated rings. The number of rotatable bonds is 3. The van der Waals surface area contributed by atoms with Gasteiger partial charge in [-0.05, 0) is 24.1 Å². The van der Waals surface area contributed by atoms with Crippen molar-refractivity contribution < 1.29 is 25.2 Å². The quantitative estimate of drug-likeness (QED) is 0.358. The first-order valence-electron chi connectivity index (χ1n) is 4.34. The van der Waals surface area contributed by atoms with Crippen LogP contribution in [-0.2, 0) is 4.79 Å². The molecule has 0 bridgehead atoms. The first-order chi connectivity index (χ1) is 6.83. The second-order valence-corrected chi connectivity index (χ2v) is 3.45. The summed E-state index contributed by atoms with van der Waals surface area (Å²) in [6.07, 6.45) is 2.04. The Morgan fingerprint density at radius 2 is 2.20 bits per heavy atom. The fourth-order valence-corrected chi connectivity index (χ4v) is 1.19. The number of carboxylic acid groups (broad SMARTS) is 1. The molecule has 6 nitrogen and oxygen atoms in total. The molecule has 6 N–H and O–H groups in total. The SMILES string of the molecule is NC(CC1=CC(O)C(O)(O)C=C1)C(=O)O. The maximum Gasteiger partial charge on any atom is 0.320 e. The predicted octanol–water partition coefficient (Wildman–Crippen LogP) is -1.67. The van der Waals surface area contributed by atoms with Gasteiger partial charge in [0, 0.05) is 0 Å². The highest BCUT2D eigenvalue weighted by Crippen LogP contribution is 2.21. The van der Waals surface area contributed by atoms with Gasteiger partial charge in [0.25, 0.3) is 0 Å². The van der Waals surface area contributed by atoms with E-state index in [4.69, 9.17) is 21.1 Å². The molecule has 0 aromatic carbocycles. The molecule has 1 rings (SSSR count). The van der Waals surface area contributed by atoms with E-state index in [0.717, 1.165) is 6.08 Å². The lowest BCUT2D eigenvalue weighted by molar-refractivity contribution is -0.174. The Kier molecular flexibility index (Phi) is 3.25. The molecule has 1 aliphatic rings. The third-order valence-electron chi connectivity index (χ3n) is 2.12. The zero-order valence-corrected chi connectivity index (χ0v) is 7.87. The van der Waals surface area contributed by atoms with E-state index < -0.39 is 23.9 Å².